The molecule has 1 heterocycles. The molecule has 0 unspecified atom stereocenters. The number of benzene rings is 1. The molecule has 0 spiro atoms. The van der Waals surface area contributed by atoms with Gasteiger partial charge in [0.2, 0.25) is 0 Å². The molecule has 5 heteroatoms. The normalized spacial score (nSPS) is 10.4. The minimum absolute atomic E-state index is 0.398. The van der Waals surface area contributed by atoms with E-state index in [-0.39, 0.29) is 0 Å². The second-order valence-electron chi connectivity index (χ2n) is 4.23. The van der Waals surface area contributed by atoms with Gasteiger partial charge < -0.3 is 10.5 Å². The van der Waals surface area contributed by atoms with Gasteiger partial charge in [-0.1, -0.05) is 0 Å². The van der Waals surface area contributed by atoms with Gasteiger partial charge in [-0.3, -0.25) is 0 Å². The predicted molar refractivity (Wildman–Crippen MR) is 70.4 cm³/mol. The number of anilines is 1. The van der Waals surface area contributed by atoms with E-state index in [1.54, 1.807) is 14.0 Å². The number of ether oxygens (including phenoxy) is 1. The summed E-state index contributed by atoms with van der Waals surface area (Å²) in [5.74, 6) is 1.82. The highest BCUT2D eigenvalue weighted by Crippen LogP contribution is 2.30. The first-order chi connectivity index (χ1) is 8.52. The number of nitrogen functional groups attached to an aromatic ring is 1. The molecule has 0 fully saturated rings. The Hall–Kier alpha value is -2.17. The Bertz CT molecular complexity index is 596. The number of nitrogens with zero attached hydrogens (tertiary/aromatic N) is 3. The van der Waals surface area contributed by atoms with Crippen molar-refractivity contribution in [2.45, 2.75) is 20.8 Å². The Balaban J connectivity index is 2.60. The third-order valence-electron chi connectivity index (χ3n) is 2.82. The van der Waals surface area contributed by atoms with Crippen LogP contribution in [0.4, 0.5) is 5.82 Å². The SMILES string of the molecule is COc1cc(C)c(-c2nnc(C)nc2N)cc1C. The molecule has 0 aliphatic carbocycles. The van der Waals surface area contributed by atoms with E-state index in [4.69, 9.17) is 10.5 Å². The molecule has 2 rings (SSSR count). The number of methoxy groups -OCH3 is 1. The van der Waals surface area contributed by atoms with Crippen molar-refractivity contribution in [3.05, 3.63) is 29.1 Å². The van der Waals surface area contributed by atoms with Crippen LogP contribution in [-0.4, -0.2) is 22.3 Å². The van der Waals surface area contributed by atoms with Crippen LogP contribution in [0.1, 0.15) is 17.0 Å². The molecule has 0 aliphatic heterocycles. The van der Waals surface area contributed by atoms with Crippen molar-refractivity contribution in [3.8, 4) is 17.0 Å². The van der Waals surface area contributed by atoms with E-state index >= 15 is 0 Å². The molecule has 0 saturated carbocycles. The van der Waals surface area contributed by atoms with Gasteiger partial charge in [-0.2, -0.15) is 0 Å². The lowest BCUT2D eigenvalue weighted by atomic mass is 10.0. The van der Waals surface area contributed by atoms with E-state index in [1.807, 2.05) is 26.0 Å². The van der Waals surface area contributed by atoms with Crippen LogP contribution in [-0.2, 0) is 0 Å². The molecule has 2 N–H and O–H groups in total. The number of hydrogen-bond donors (Lipinski definition) is 1. The number of aromatic nitrogens is 3. The largest absolute Gasteiger partial charge is 0.496 e. The number of rotatable bonds is 2. The van der Waals surface area contributed by atoms with Crippen molar-refractivity contribution < 1.29 is 4.74 Å². The smallest absolute Gasteiger partial charge is 0.154 e. The van der Waals surface area contributed by atoms with Crippen LogP contribution in [0.3, 0.4) is 0 Å². The Morgan fingerprint density at radius 3 is 2.39 bits per heavy atom. The first-order valence-corrected chi connectivity index (χ1v) is 5.65. The zero-order valence-corrected chi connectivity index (χ0v) is 11.0. The summed E-state index contributed by atoms with van der Waals surface area (Å²) in [5.41, 5.74) is 9.51. The summed E-state index contributed by atoms with van der Waals surface area (Å²) in [5, 5.41) is 8.08. The number of aryl methyl sites for hydroxylation is 3. The lowest BCUT2D eigenvalue weighted by molar-refractivity contribution is 0.411. The first-order valence-electron chi connectivity index (χ1n) is 5.65. The summed E-state index contributed by atoms with van der Waals surface area (Å²) in [6.45, 7) is 5.73. The molecule has 1 aromatic carbocycles. The van der Waals surface area contributed by atoms with Crippen molar-refractivity contribution in [2.24, 2.45) is 0 Å². The summed E-state index contributed by atoms with van der Waals surface area (Å²) in [6, 6.07) is 3.96. The average Bonchev–Trinajstić information content (AvgIpc) is 2.32. The van der Waals surface area contributed by atoms with Crippen LogP contribution in [0.15, 0.2) is 12.1 Å². The highest BCUT2D eigenvalue weighted by molar-refractivity contribution is 5.73. The van der Waals surface area contributed by atoms with Crippen molar-refractivity contribution in [1.29, 1.82) is 0 Å². The third-order valence-corrected chi connectivity index (χ3v) is 2.82. The Labute approximate surface area is 106 Å². The van der Waals surface area contributed by atoms with Gasteiger partial charge in [0.15, 0.2) is 5.82 Å². The zero-order chi connectivity index (χ0) is 13.3. The summed E-state index contributed by atoms with van der Waals surface area (Å²) in [7, 11) is 1.66. The molecule has 2 aromatic rings. The average molecular weight is 244 g/mol. The third kappa shape index (κ3) is 2.11. The Kier molecular flexibility index (Phi) is 3.14. The summed E-state index contributed by atoms with van der Waals surface area (Å²) in [6.07, 6.45) is 0. The van der Waals surface area contributed by atoms with Gasteiger partial charge in [0.05, 0.1) is 7.11 Å². The molecule has 94 valence electrons. The van der Waals surface area contributed by atoms with Gasteiger partial charge in [0.25, 0.3) is 0 Å². The van der Waals surface area contributed by atoms with Crippen LogP contribution in [0.2, 0.25) is 0 Å². The van der Waals surface area contributed by atoms with Crippen LogP contribution in [0, 0.1) is 20.8 Å². The van der Waals surface area contributed by atoms with Crippen LogP contribution in [0.5, 0.6) is 5.75 Å². The fourth-order valence-corrected chi connectivity index (χ4v) is 1.88. The Morgan fingerprint density at radius 2 is 1.78 bits per heavy atom. The topological polar surface area (TPSA) is 73.9 Å². The minimum Gasteiger partial charge on any atom is -0.496 e. The molecule has 0 radical (unpaired) electrons. The van der Waals surface area contributed by atoms with Crippen molar-refractivity contribution in [3.63, 3.8) is 0 Å². The van der Waals surface area contributed by atoms with Gasteiger partial charge in [0, 0.05) is 5.56 Å². The maximum atomic E-state index is 5.90. The molecular formula is C13H16N4O. The van der Waals surface area contributed by atoms with E-state index in [1.165, 1.54) is 0 Å². The minimum atomic E-state index is 0.398. The van der Waals surface area contributed by atoms with E-state index in [2.05, 4.69) is 15.2 Å². The second kappa shape index (κ2) is 4.60. The van der Waals surface area contributed by atoms with Gasteiger partial charge in [-0.15, -0.1) is 10.2 Å². The molecule has 1 aromatic heterocycles. The van der Waals surface area contributed by atoms with E-state index in [0.717, 1.165) is 22.4 Å². The van der Waals surface area contributed by atoms with Crippen molar-refractivity contribution in [2.75, 3.05) is 12.8 Å². The van der Waals surface area contributed by atoms with Crippen LogP contribution >= 0.6 is 0 Å². The predicted octanol–water partition coefficient (Wildman–Crippen LogP) is 2.05. The molecule has 0 saturated heterocycles. The fraction of sp³-hybridized carbons (Fsp3) is 0.308. The standard InChI is InChI=1S/C13H16N4O/c1-7-6-11(18-4)8(2)5-10(7)12-13(14)15-9(3)16-17-12/h5-6H,1-4H3,(H2,14,15,16). The lowest BCUT2D eigenvalue weighted by Gasteiger charge is -2.11. The van der Waals surface area contributed by atoms with Gasteiger partial charge >= 0.3 is 0 Å². The van der Waals surface area contributed by atoms with E-state index < -0.39 is 0 Å². The summed E-state index contributed by atoms with van der Waals surface area (Å²) in [4.78, 5) is 4.14. The number of nitrogens with two attached hydrogens (primary N) is 1. The van der Waals surface area contributed by atoms with E-state index in [0.29, 0.717) is 17.3 Å². The molecule has 0 atom stereocenters. The highest BCUT2D eigenvalue weighted by atomic mass is 16.5. The fourth-order valence-electron chi connectivity index (χ4n) is 1.88. The Morgan fingerprint density at radius 1 is 1.06 bits per heavy atom. The zero-order valence-electron chi connectivity index (χ0n) is 11.0. The van der Waals surface area contributed by atoms with Crippen LogP contribution in [0.25, 0.3) is 11.3 Å². The van der Waals surface area contributed by atoms with Crippen LogP contribution < -0.4 is 10.5 Å². The van der Waals surface area contributed by atoms with Crippen molar-refractivity contribution in [1.82, 2.24) is 15.2 Å². The summed E-state index contributed by atoms with van der Waals surface area (Å²) >= 11 is 0. The molecular weight excluding hydrogens is 228 g/mol. The second-order valence-corrected chi connectivity index (χ2v) is 4.23. The summed E-state index contributed by atoms with van der Waals surface area (Å²) < 4.78 is 5.28. The van der Waals surface area contributed by atoms with Crippen molar-refractivity contribution >= 4 is 5.82 Å². The quantitative estimate of drug-likeness (QED) is 0.875. The van der Waals surface area contributed by atoms with Gasteiger partial charge in [0.1, 0.15) is 17.3 Å². The first kappa shape index (κ1) is 12.3. The van der Waals surface area contributed by atoms with Gasteiger partial charge in [-0.25, -0.2) is 4.98 Å². The molecule has 0 amide bonds. The van der Waals surface area contributed by atoms with Gasteiger partial charge in [-0.05, 0) is 44.0 Å². The maximum absolute atomic E-state index is 5.90. The molecule has 18 heavy (non-hydrogen) atoms. The maximum Gasteiger partial charge on any atom is 0.154 e. The van der Waals surface area contributed by atoms with E-state index in [9.17, 15) is 0 Å². The monoisotopic (exact) mass is 244 g/mol. The molecule has 0 aliphatic rings. The highest BCUT2D eigenvalue weighted by Gasteiger charge is 2.12. The molecule has 5 nitrogen and oxygen atoms in total. The molecule has 0 bridgehead atoms. The lowest BCUT2D eigenvalue weighted by Crippen LogP contribution is -2.03. The number of hydrogen-bond acceptors (Lipinski definition) is 5.